The highest BCUT2D eigenvalue weighted by Gasteiger charge is 2.13. The highest BCUT2D eigenvalue weighted by Crippen LogP contribution is 2.22. The van der Waals surface area contributed by atoms with Crippen LogP contribution in [0.25, 0.3) is 0 Å². The number of carbonyl (C=O) groups is 1. The number of aryl methyl sites for hydroxylation is 2. The van der Waals surface area contributed by atoms with Gasteiger partial charge >= 0.3 is 23.1 Å². The van der Waals surface area contributed by atoms with E-state index in [1.165, 1.54) is 32.3 Å². The number of carboxylic acid groups (broad SMARTS) is 1. The van der Waals surface area contributed by atoms with Crippen LogP contribution in [0, 0.1) is 6.92 Å². The van der Waals surface area contributed by atoms with Crippen LogP contribution in [-0.2, 0) is 14.1 Å². The van der Waals surface area contributed by atoms with Crippen molar-refractivity contribution in [3.8, 4) is 11.6 Å². The largest absolute Gasteiger partial charge is 0.478 e. The Hall–Kier alpha value is -2.90. The van der Waals surface area contributed by atoms with Crippen molar-refractivity contribution in [2.45, 2.75) is 6.92 Å². The summed E-state index contributed by atoms with van der Waals surface area (Å²) in [5, 5.41) is 12.7. The Balaban J connectivity index is 2.46. The molecule has 0 radical (unpaired) electrons. The summed E-state index contributed by atoms with van der Waals surface area (Å²) in [4.78, 5) is 34.3. The zero-order valence-electron chi connectivity index (χ0n) is 11.7. The average Bonchev–Trinajstić information content (AvgIpc) is 2.44. The second-order valence-corrected chi connectivity index (χ2v) is 4.46. The second kappa shape index (κ2) is 5.23. The number of hydrogen-bond acceptors (Lipinski definition) is 5. The van der Waals surface area contributed by atoms with E-state index in [-0.39, 0.29) is 11.4 Å². The van der Waals surface area contributed by atoms with Crippen LogP contribution in [0.15, 0.2) is 27.8 Å². The quantitative estimate of drug-likeness (QED) is 0.871. The Morgan fingerprint density at radius 1 is 1.29 bits per heavy atom. The summed E-state index contributed by atoms with van der Waals surface area (Å²) in [7, 11) is 2.72. The van der Waals surface area contributed by atoms with Gasteiger partial charge in [0.25, 0.3) is 0 Å². The number of aromatic carboxylic acids is 1. The van der Waals surface area contributed by atoms with Gasteiger partial charge in [0.2, 0.25) is 0 Å². The number of nitrogens with zero attached hydrogens (tertiary/aromatic N) is 3. The van der Waals surface area contributed by atoms with E-state index in [2.05, 4.69) is 5.10 Å². The van der Waals surface area contributed by atoms with Crippen LogP contribution in [-0.4, -0.2) is 25.4 Å². The molecule has 1 heterocycles. The summed E-state index contributed by atoms with van der Waals surface area (Å²) in [6, 6.07) is 4.21. The molecule has 1 aromatic carbocycles. The van der Waals surface area contributed by atoms with E-state index < -0.39 is 17.2 Å². The third-order valence-electron chi connectivity index (χ3n) is 2.92. The van der Waals surface area contributed by atoms with E-state index >= 15 is 0 Å². The molecule has 0 spiro atoms. The number of hydrogen-bond donors (Lipinski definition) is 1. The molecule has 110 valence electrons. The van der Waals surface area contributed by atoms with Gasteiger partial charge in [0.05, 0.1) is 5.56 Å². The minimum absolute atomic E-state index is 0.112. The third kappa shape index (κ3) is 2.69. The molecule has 8 heteroatoms. The van der Waals surface area contributed by atoms with Gasteiger partial charge in [-0.25, -0.2) is 14.3 Å². The number of aromatic nitrogens is 3. The van der Waals surface area contributed by atoms with Gasteiger partial charge in [0, 0.05) is 14.1 Å². The zero-order valence-corrected chi connectivity index (χ0v) is 11.7. The maximum absolute atomic E-state index is 11.9. The highest BCUT2D eigenvalue weighted by atomic mass is 16.5. The van der Waals surface area contributed by atoms with Crippen LogP contribution >= 0.6 is 0 Å². The standard InChI is InChI=1S/C13H13N3O5/c1-7-6-8(12(18)19)4-5-9(7)21-10-11(17)15(2)13(20)16(3)14-10/h4-6H,1-3H3,(H,18,19). The molecule has 0 saturated heterocycles. The van der Waals surface area contributed by atoms with E-state index in [9.17, 15) is 14.4 Å². The minimum atomic E-state index is -1.05. The van der Waals surface area contributed by atoms with E-state index in [4.69, 9.17) is 9.84 Å². The summed E-state index contributed by atoms with van der Waals surface area (Å²) >= 11 is 0. The van der Waals surface area contributed by atoms with Crippen molar-refractivity contribution in [3.63, 3.8) is 0 Å². The van der Waals surface area contributed by atoms with Gasteiger partial charge in [-0.2, -0.15) is 0 Å². The lowest BCUT2D eigenvalue weighted by atomic mass is 10.1. The number of ether oxygens (including phenoxy) is 1. The van der Waals surface area contributed by atoms with Crippen molar-refractivity contribution >= 4 is 5.97 Å². The predicted molar refractivity (Wildman–Crippen MR) is 72.9 cm³/mol. The average molecular weight is 291 g/mol. The first-order chi connectivity index (χ1) is 9.81. The first-order valence-electron chi connectivity index (χ1n) is 5.97. The lowest BCUT2D eigenvalue weighted by molar-refractivity contribution is 0.0697. The van der Waals surface area contributed by atoms with Gasteiger partial charge in [0.1, 0.15) is 5.75 Å². The molecule has 0 aliphatic rings. The number of benzene rings is 1. The van der Waals surface area contributed by atoms with E-state index in [0.717, 1.165) is 9.25 Å². The predicted octanol–water partition coefficient (Wildman–Crippen LogP) is 0.278. The molecule has 0 aliphatic heterocycles. The number of carboxylic acids is 1. The molecule has 8 nitrogen and oxygen atoms in total. The van der Waals surface area contributed by atoms with Gasteiger partial charge in [-0.05, 0) is 30.7 Å². The summed E-state index contributed by atoms with van der Waals surface area (Å²) < 4.78 is 7.26. The molecule has 0 unspecified atom stereocenters. The van der Waals surface area contributed by atoms with Crippen LogP contribution in [0.2, 0.25) is 0 Å². The summed E-state index contributed by atoms with van der Waals surface area (Å²) in [5.74, 6) is -1.02. The Kier molecular flexibility index (Phi) is 3.62. The van der Waals surface area contributed by atoms with Crippen molar-refractivity contribution in [3.05, 3.63) is 50.2 Å². The molecular formula is C13H13N3O5. The summed E-state index contributed by atoms with van der Waals surface area (Å²) in [6.07, 6.45) is 0. The van der Waals surface area contributed by atoms with Crippen molar-refractivity contribution < 1.29 is 14.6 Å². The molecule has 0 amide bonds. The summed E-state index contributed by atoms with van der Waals surface area (Å²) in [6.45, 7) is 1.65. The minimum Gasteiger partial charge on any atom is -0.478 e. The molecule has 1 aromatic heterocycles. The van der Waals surface area contributed by atoms with Gasteiger partial charge in [-0.1, -0.05) is 0 Å². The zero-order chi connectivity index (χ0) is 15.7. The van der Waals surface area contributed by atoms with Crippen LogP contribution in [0.5, 0.6) is 11.6 Å². The topological polar surface area (TPSA) is 103 Å². The van der Waals surface area contributed by atoms with Crippen LogP contribution in [0.3, 0.4) is 0 Å². The fourth-order valence-corrected chi connectivity index (χ4v) is 1.73. The molecule has 2 rings (SSSR count). The monoisotopic (exact) mass is 291 g/mol. The first-order valence-corrected chi connectivity index (χ1v) is 5.97. The molecule has 0 bridgehead atoms. The van der Waals surface area contributed by atoms with Crippen molar-refractivity contribution in [1.29, 1.82) is 0 Å². The molecule has 0 saturated carbocycles. The van der Waals surface area contributed by atoms with Crippen molar-refractivity contribution in [2.24, 2.45) is 14.1 Å². The lowest BCUT2D eigenvalue weighted by Crippen LogP contribution is -2.38. The van der Waals surface area contributed by atoms with Crippen LogP contribution in [0.1, 0.15) is 15.9 Å². The van der Waals surface area contributed by atoms with Crippen LogP contribution < -0.4 is 16.0 Å². The third-order valence-corrected chi connectivity index (χ3v) is 2.92. The molecule has 1 N–H and O–H groups in total. The smallest absolute Gasteiger partial charge is 0.347 e. The Morgan fingerprint density at radius 3 is 2.52 bits per heavy atom. The highest BCUT2D eigenvalue weighted by molar-refractivity contribution is 5.88. The lowest BCUT2D eigenvalue weighted by Gasteiger charge is -2.09. The van der Waals surface area contributed by atoms with Gasteiger partial charge in [0.15, 0.2) is 0 Å². The normalized spacial score (nSPS) is 10.4. The van der Waals surface area contributed by atoms with Gasteiger partial charge in [-0.3, -0.25) is 9.36 Å². The molecular weight excluding hydrogens is 278 g/mol. The SMILES string of the molecule is Cc1cc(C(=O)O)ccc1Oc1nn(C)c(=O)n(C)c1=O. The molecule has 0 atom stereocenters. The first kappa shape index (κ1) is 14.5. The molecule has 0 aliphatic carbocycles. The summed E-state index contributed by atoms with van der Waals surface area (Å²) in [5.41, 5.74) is -0.584. The molecule has 2 aromatic rings. The van der Waals surface area contributed by atoms with E-state index in [1.807, 2.05) is 0 Å². The van der Waals surface area contributed by atoms with Crippen molar-refractivity contribution in [1.82, 2.24) is 14.3 Å². The molecule has 0 fully saturated rings. The van der Waals surface area contributed by atoms with E-state index in [1.54, 1.807) is 6.92 Å². The Morgan fingerprint density at radius 2 is 1.95 bits per heavy atom. The maximum Gasteiger partial charge on any atom is 0.347 e. The fraction of sp³-hybridized carbons (Fsp3) is 0.231. The van der Waals surface area contributed by atoms with Crippen molar-refractivity contribution in [2.75, 3.05) is 0 Å². The maximum atomic E-state index is 11.9. The Bertz CT molecular complexity index is 835. The van der Waals surface area contributed by atoms with Crippen LogP contribution in [0.4, 0.5) is 0 Å². The second-order valence-electron chi connectivity index (χ2n) is 4.46. The molecule has 21 heavy (non-hydrogen) atoms. The van der Waals surface area contributed by atoms with Gasteiger partial charge in [-0.15, -0.1) is 5.10 Å². The van der Waals surface area contributed by atoms with Gasteiger partial charge < -0.3 is 9.84 Å². The Labute approximate surface area is 118 Å². The number of rotatable bonds is 3. The fourth-order valence-electron chi connectivity index (χ4n) is 1.73. The van der Waals surface area contributed by atoms with E-state index in [0.29, 0.717) is 11.3 Å².